The van der Waals surface area contributed by atoms with Gasteiger partial charge in [0.2, 0.25) is 5.91 Å². The van der Waals surface area contributed by atoms with Crippen molar-refractivity contribution in [3.05, 3.63) is 22.4 Å². The van der Waals surface area contributed by atoms with E-state index in [1.165, 1.54) is 0 Å². The first kappa shape index (κ1) is 12.1. The zero-order valence-corrected chi connectivity index (χ0v) is 10.4. The van der Waals surface area contributed by atoms with E-state index in [1.807, 2.05) is 24.4 Å². The number of hydrogen-bond acceptors (Lipinski definition) is 3. The first-order chi connectivity index (χ1) is 8.09. The third-order valence-electron chi connectivity index (χ3n) is 3.19. The normalized spacial score (nSPS) is 21.5. The molecule has 4 nitrogen and oxygen atoms in total. The van der Waals surface area contributed by atoms with E-state index in [4.69, 9.17) is 5.11 Å². The summed E-state index contributed by atoms with van der Waals surface area (Å²) in [5.74, 6) is -1.32. The molecule has 1 fully saturated rings. The Hall–Kier alpha value is -1.36. The largest absolute Gasteiger partial charge is 0.481 e. The average molecular weight is 253 g/mol. The highest BCUT2D eigenvalue weighted by molar-refractivity contribution is 7.10. The number of carboxylic acids is 1. The van der Waals surface area contributed by atoms with Crippen molar-refractivity contribution in [2.24, 2.45) is 5.92 Å². The fourth-order valence-corrected chi connectivity index (χ4v) is 2.87. The van der Waals surface area contributed by atoms with E-state index in [2.05, 4.69) is 0 Å². The van der Waals surface area contributed by atoms with E-state index in [-0.39, 0.29) is 11.8 Å². The van der Waals surface area contributed by atoms with Crippen LogP contribution in [0.5, 0.6) is 0 Å². The second kappa shape index (κ2) is 4.87. The van der Waals surface area contributed by atoms with Crippen LogP contribution in [0.15, 0.2) is 17.5 Å². The van der Waals surface area contributed by atoms with Crippen molar-refractivity contribution in [2.75, 3.05) is 13.1 Å². The minimum atomic E-state index is -0.802. The number of aliphatic carboxylic acids is 1. The van der Waals surface area contributed by atoms with Crippen LogP contribution in [0.2, 0.25) is 0 Å². The van der Waals surface area contributed by atoms with Gasteiger partial charge < -0.3 is 10.0 Å². The van der Waals surface area contributed by atoms with Gasteiger partial charge in [-0.3, -0.25) is 9.59 Å². The lowest BCUT2D eigenvalue weighted by Crippen LogP contribution is -2.32. The van der Waals surface area contributed by atoms with Gasteiger partial charge in [0.1, 0.15) is 0 Å². The van der Waals surface area contributed by atoms with Gasteiger partial charge in [-0.2, -0.15) is 0 Å². The van der Waals surface area contributed by atoms with E-state index in [0.29, 0.717) is 19.5 Å². The predicted octanol–water partition coefficient (Wildman–Crippen LogP) is 1.78. The fraction of sp³-hybridized carbons (Fsp3) is 0.500. The lowest BCUT2D eigenvalue weighted by Gasteiger charge is -2.19. The van der Waals surface area contributed by atoms with Crippen molar-refractivity contribution >= 4 is 23.2 Å². The summed E-state index contributed by atoms with van der Waals surface area (Å²) in [5, 5.41) is 10.8. The molecule has 0 spiro atoms. The van der Waals surface area contributed by atoms with Gasteiger partial charge in [-0.1, -0.05) is 6.07 Å². The third-order valence-corrected chi connectivity index (χ3v) is 4.24. The number of likely N-dealkylation sites (tertiary alicyclic amines) is 1. The van der Waals surface area contributed by atoms with Gasteiger partial charge in [0.15, 0.2) is 0 Å². The molecule has 0 radical (unpaired) electrons. The Bertz CT molecular complexity index is 415. The van der Waals surface area contributed by atoms with Crippen LogP contribution in [-0.4, -0.2) is 35.0 Å². The minimum absolute atomic E-state index is 0.0381. The summed E-state index contributed by atoms with van der Waals surface area (Å²) in [7, 11) is 0. The highest BCUT2D eigenvalue weighted by Gasteiger charge is 2.33. The summed E-state index contributed by atoms with van der Waals surface area (Å²) < 4.78 is 0. The van der Waals surface area contributed by atoms with Crippen molar-refractivity contribution in [1.82, 2.24) is 4.90 Å². The van der Waals surface area contributed by atoms with Gasteiger partial charge in [-0.15, -0.1) is 11.3 Å². The molecule has 0 unspecified atom stereocenters. The monoisotopic (exact) mass is 253 g/mol. The summed E-state index contributed by atoms with van der Waals surface area (Å²) in [6.07, 6.45) is 0.568. The second-order valence-electron chi connectivity index (χ2n) is 4.35. The molecule has 0 aromatic carbocycles. The fourth-order valence-electron chi connectivity index (χ4n) is 2.10. The topological polar surface area (TPSA) is 57.6 Å². The summed E-state index contributed by atoms with van der Waals surface area (Å²) in [4.78, 5) is 25.7. The molecule has 0 aliphatic carbocycles. The van der Waals surface area contributed by atoms with Gasteiger partial charge in [0.25, 0.3) is 0 Å². The molecule has 5 heteroatoms. The van der Waals surface area contributed by atoms with E-state index >= 15 is 0 Å². The Morgan fingerprint density at radius 1 is 1.59 bits per heavy atom. The van der Waals surface area contributed by atoms with Crippen molar-refractivity contribution in [2.45, 2.75) is 19.3 Å². The molecule has 1 N–H and O–H groups in total. The zero-order valence-electron chi connectivity index (χ0n) is 9.63. The third kappa shape index (κ3) is 2.49. The number of hydrogen-bond donors (Lipinski definition) is 1. The molecular formula is C12H15NO3S. The number of nitrogens with zero attached hydrogens (tertiary/aromatic N) is 1. The molecule has 1 aromatic rings. The van der Waals surface area contributed by atoms with Crippen molar-refractivity contribution in [3.63, 3.8) is 0 Å². The molecule has 1 amide bonds. The molecule has 17 heavy (non-hydrogen) atoms. The van der Waals surface area contributed by atoms with Crippen LogP contribution in [0.3, 0.4) is 0 Å². The minimum Gasteiger partial charge on any atom is -0.481 e. The zero-order chi connectivity index (χ0) is 12.4. The molecule has 2 rings (SSSR count). The van der Waals surface area contributed by atoms with Crippen molar-refractivity contribution < 1.29 is 14.7 Å². The number of thiophene rings is 1. The summed E-state index contributed by atoms with van der Waals surface area (Å²) in [6, 6.07) is 3.87. The first-order valence-electron chi connectivity index (χ1n) is 5.64. The number of rotatable bonds is 3. The maximum absolute atomic E-state index is 12.2. The molecule has 1 saturated heterocycles. The highest BCUT2D eigenvalue weighted by Crippen LogP contribution is 2.26. The summed E-state index contributed by atoms with van der Waals surface area (Å²) in [5.41, 5.74) is 0. The lowest BCUT2D eigenvalue weighted by molar-refractivity contribution is -0.141. The van der Waals surface area contributed by atoms with Gasteiger partial charge >= 0.3 is 5.97 Å². The summed E-state index contributed by atoms with van der Waals surface area (Å²) in [6.45, 7) is 2.79. The Morgan fingerprint density at radius 2 is 2.35 bits per heavy atom. The molecule has 0 saturated carbocycles. The molecular weight excluding hydrogens is 238 g/mol. The van der Waals surface area contributed by atoms with Gasteiger partial charge in [0.05, 0.1) is 11.8 Å². The number of carbonyl (C=O) groups excluding carboxylic acids is 1. The molecule has 92 valence electrons. The number of carboxylic acid groups (broad SMARTS) is 1. The van der Waals surface area contributed by atoms with Crippen molar-refractivity contribution in [1.29, 1.82) is 0 Å². The standard InChI is InChI=1S/C12H15NO3S/c1-8(10-3-2-6-17-10)11(14)13-5-4-9(7-13)12(15)16/h2-3,6,8-9H,4-5,7H2,1H3,(H,15,16)/t8-,9+/m1/s1. The van der Waals surface area contributed by atoms with Crippen LogP contribution in [0, 0.1) is 5.92 Å². The molecule has 2 atom stereocenters. The van der Waals surface area contributed by atoms with E-state index in [1.54, 1.807) is 16.2 Å². The Balaban J connectivity index is 2.00. The number of carbonyl (C=O) groups is 2. The maximum atomic E-state index is 12.2. The van der Waals surface area contributed by atoms with Crippen LogP contribution >= 0.6 is 11.3 Å². The second-order valence-corrected chi connectivity index (χ2v) is 5.32. The van der Waals surface area contributed by atoms with Crippen LogP contribution in [0.25, 0.3) is 0 Å². The first-order valence-corrected chi connectivity index (χ1v) is 6.52. The van der Waals surface area contributed by atoms with Crippen LogP contribution in [-0.2, 0) is 9.59 Å². The molecule has 1 aromatic heterocycles. The predicted molar refractivity (Wildman–Crippen MR) is 65.1 cm³/mol. The van der Waals surface area contributed by atoms with Gasteiger partial charge in [-0.05, 0) is 24.8 Å². The smallest absolute Gasteiger partial charge is 0.308 e. The Labute approximate surface area is 104 Å². The highest BCUT2D eigenvalue weighted by atomic mass is 32.1. The average Bonchev–Trinajstić information content (AvgIpc) is 2.97. The van der Waals surface area contributed by atoms with E-state index in [0.717, 1.165) is 4.88 Å². The molecule has 2 heterocycles. The van der Waals surface area contributed by atoms with Gasteiger partial charge in [0, 0.05) is 18.0 Å². The molecule has 1 aliphatic heterocycles. The number of amides is 1. The van der Waals surface area contributed by atoms with Gasteiger partial charge in [-0.25, -0.2) is 0 Å². The molecule has 0 bridgehead atoms. The Morgan fingerprint density at radius 3 is 2.88 bits per heavy atom. The maximum Gasteiger partial charge on any atom is 0.308 e. The molecule has 1 aliphatic rings. The van der Waals surface area contributed by atoms with Crippen molar-refractivity contribution in [3.8, 4) is 0 Å². The summed E-state index contributed by atoms with van der Waals surface area (Å²) >= 11 is 1.56. The van der Waals surface area contributed by atoms with Crippen LogP contribution in [0.1, 0.15) is 24.1 Å². The van der Waals surface area contributed by atoms with E-state index in [9.17, 15) is 9.59 Å². The SMILES string of the molecule is C[C@@H](C(=O)N1CC[C@H](C(=O)O)C1)c1cccs1. The Kier molecular flexibility index (Phi) is 3.47. The van der Waals surface area contributed by atoms with Crippen LogP contribution < -0.4 is 0 Å². The van der Waals surface area contributed by atoms with E-state index < -0.39 is 11.9 Å². The quantitative estimate of drug-likeness (QED) is 0.893. The van der Waals surface area contributed by atoms with Crippen LogP contribution in [0.4, 0.5) is 0 Å². The lowest BCUT2D eigenvalue weighted by atomic mass is 10.1.